The van der Waals surface area contributed by atoms with Crippen molar-refractivity contribution in [1.29, 1.82) is 0 Å². The molecule has 0 unspecified atom stereocenters. The monoisotopic (exact) mass is 276 g/mol. The summed E-state index contributed by atoms with van der Waals surface area (Å²) in [6.45, 7) is 0. The number of fused-ring (bicyclic) bond motifs is 1. The van der Waals surface area contributed by atoms with E-state index >= 15 is 0 Å². The number of methoxy groups -OCH3 is 1. The van der Waals surface area contributed by atoms with Crippen LogP contribution in [0.15, 0.2) is 12.1 Å². The molecule has 0 spiro atoms. The molecule has 3 N–H and O–H groups in total. The third-order valence-corrected chi connectivity index (χ3v) is 3.76. The zero-order chi connectivity index (χ0) is 13.2. The Morgan fingerprint density at radius 2 is 2.16 bits per heavy atom. The van der Waals surface area contributed by atoms with E-state index in [1.165, 1.54) is 0 Å². The molecule has 3 rings (SSSR count). The Bertz CT molecular complexity index is 603. The van der Waals surface area contributed by atoms with E-state index in [2.05, 4.69) is 25.6 Å². The van der Waals surface area contributed by atoms with Gasteiger partial charge >= 0.3 is 0 Å². The average Bonchev–Trinajstić information content (AvgIpc) is 2.94. The van der Waals surface area contributed by atoms with Crippen molar-refractivity contribution >= 4 is 17.6 Å². The highest BCUT2D eigenvalue weighted by Crippen LogP contribution is 2.33. The van der Waals surface area contributed by atoms with Crippen LogP contribution in [0.25, 0.3) is 11.5 Å². The number of nitrogens with two attached hydrogens (primary N) is 1. The van der Waals surface area contributed by atoms with E-state index in [1.807, 2.05) is 0 Å². The van der Waals surface area contributed by atoms with Gasteiger partial charge in [0.15, 0.2) is 5.82 Å². The van der Waals surface area contributed by atoms with Crippen molar-refractivity contribution in [2.75, 3.05) is 12.5 Å². The summed E-state index contributed by atoms with van der Waals surface area (Å²) in [6.07, 6.45) is 0. The van der Waals surface area contributed by atoms with Crippen LogP contribution in [-0.2, 0) is 11.5 Å². The standard InChI is InChI=1S/C11H12N6OS/c1-18-9-3-2-7(16-17-9)11-13-8-5-19-4-6(8)10(14-11)15-12/h2-3H,4-5,12H2,1H3,(H,13,14,15). The molecule has 1 aliphatic rings. The number of aromatic nitrogens is 4. The zero-order valence-electron chi connectivity index (χ0n) is 10.3. The Hall–Kier alpha value is -1.93. The fourth-order valence-corrected chi connectivity index (χ4v) is 2.87. The maximum absolute atomic E-state index is 5.51. The third-order valence-electron chi connectivity index (χ3n) is 2.79. The van der Waals surface area contributed by atoms with E-state index in [9.17, 15) is 0 Å². The lowest BCUT2D eigenvalue weighted by molar-refractivity contribution is 0.392. The van der Waals surface area contributed by atoms with Gasteiger partial charge in [0.2, 0.25) is 5.88 Å². The van der Waals surface area contributed by atoms with E-state index in [0.29, 0.717) is 23.2 Å². The van der Waals surface area contributed by atoms with Gasteiger partial charge in [-0.25, -0.2) is 15.8 Å². The largest absolute Gasteiger partial charge is 0.480 e. The van der Waals surface area contributed by atoms with Crippen LogP contribution in [0.1, 0.15) is 11.3 Å². The Morgan fingerprint density at radius 1 is 1.26 bits per heavy atom. The van der Waals surface area contributed by atoms with E-state index in [-0.39, 0.29) is 0 Å². The van der Waals surface area contributed by atoms with Crippen molar-refractivity contribution in [1.82, 2.24) is 20.2 Å². The van der Waals surface area contributed by atoms with Crippen LogP contribution in [0.2, 0.25) is 0 Å². The van der Waals surface area contributed by atoms with Crippen molar-refractivity contribution in [3.8, 4) is 17.4 Å². The molecule has 0 saturated heterocycles. The fourth-order valence-electron chi connectivity index (χ4n) is 1.83. The molecule has 8 heteroatoms. The van der Waals surface area contributed by atoms with E-state index < -0.39 is 0 Å². The van der Waals surface area contributed by atoms with Gasteiger partial charge in [-0.15, -0.1) is 10.2 Å². The topological polar surface area (TPSA) is 98.8 Å². The van der Waals surface area contributed by atoms with Gasteiger partial charge in [0.05, 0.1) is 12.8 Å². The number of nitrogens with one attached hydrogen (secondary N) is 1. The molecule has 0 atom stereocenters. The molecule has 0 fully saturated rings. The summed E-state index contributed by atoms with van der Waals surface area (Å²) in [5.74, 6) is 8.88. The quantitative estimate of drug-likeness (QED) is 0.632. The molecule has 0 radical (unpaired) electrons. The second-order valence-electron chi connectivity index (χ2n) is 3.92. The predicted octanol–water partition coefficient (Wildman–Crippen LogP) is 0.975. The van der Waals surface area contributed by atoms with E-state index in [4.69, 9.17) is 10.6 Å². The molecule has 2 aromatic heterocycles. The molecular weight excluding hydrogens is 264 g/mol. The number of nitrogen functional groups attached to an aromatic ring is 1. The first-order chi connectivity index (χ1) is 9.31. The smallest absolute Gasteiger partial charge is 0.233 e. The van der Waals surface area contributed by atoms with Crippen LogP contribution >= 0.6 is 11.8 Å². The molecule has 2 aromatic rings. The molecule has 0 amide bonds. The van der Waals surface area contributed by atoms with Gasteiger partial charge in [-0.05, 0) is 6.07 Å². The summed E-state index contributed by atoms with van der Waals surface area (Å²) in [5, 5.41) is 7.96. The number of rotatable bonds is 3. The van der Waals surface area contributed by atoms with Gasteiger partial charge in [0.25, 0.3) is 0 Å². The number of hydrogen-bond donors (Lipinski definition) is 2. The molecule has 0 bridgehead atoms. The summed E-state index contributed by atoms with van der Waals surface area (Å²) in [7, 11) is 1.54. The minimum Gasteiger partial charge on any atom is -0.480 e. The number of thioether (sulfide) groups is 1. The molecule has 0 aromatic carbocycles. The summed E-state index contributed by atoms with van der Waals surface area (Å²) in [5.41, 5.74) is 5.29. The Morgan fingerprint density at radius 3 is 2.84 bits per heavy atom. The zero-order valence-corrected chi connectivity index (χ0v) is 11.1. The molecule has 3 heterocycles. The predicted molar refractivity (Wildman–Crippen MR) is 72.4 cm³/mol. The van der Waals surface area contributed by atoms with Crippen molar-refractivity contribution in [3.63, 3.8) is 0 Å². The molecule has 0 aliphatic carbocycles. The lowest BCUT2D eigenvalue weighted by Gasteiger charge is -2.08. The van der Waals surface area contributed by atoms with Crippen LogP contribution in [0.3, 0.4) is 0 Å². The summed E-state index contributed by atoms with van der Waals surface area (Å²) >= 11 is 1.79. The molecule has 7 nitrogen and oxygen atoms in total. The lowest BCUT2D eigenvalue weighted by atomic mass is 10.2. The SMILES string of the molecule is COc1ccc(-c2nc3c(c(NN)n2)CSC3)nn1. The van der Waals surface area contributed by atoms with Gasteiger partial charge in [0.1, 0.15) is 11.5 Å². The molecule has 1 aliphatic heterocycles. The van der Waals surface area contributed by atoms with Gasteiger partial charge in [-0.1, -0.05) is 0 Å². The maximum Gasteiger partial charge on any atom is 0.233 e. The van der Waals surface area contributed by atoms with Gasteiger partial charge in [0, 0.05) is 23.1 Å². The van der Waals surface area contributed by atoms with E-state index in [0.717, 1.165) is 22.8 Å². The minimum absolute atomic E-state index is 0.456. The number of ether oxygens (including phenoxy) is 1. The van der Waals surface area contributed by atoms with Crippen LogP contribution in [0.5, 0.6) is 5.88 Å². The Balaban J connectivity index is 2.04. The fraction of sp³-hybridized carbons (Fsp3) is 0.273. The molecule has 0 saturated carbocycles. The molecular formula is C11H12N6OS. The first kappa shape index (κ1) is 12.1. The summed E-state index contributed by atoms with van der Waals surface area (Å²) in [4.78, 5) is 8.90. The van der Waals surface area contributed by atoms with Crippen molar-refractivity contribution in [3.05, 3.63) is 23.4 Å². The average molecular weight is 276 g/mol. The first-order valence-corrected chi connectivity index (χ1v) is 6.79. The van der Waals surface area contributed by atoms with Crippen LogP contribution in [-0.4, -0.2) is 27.3 Å². The Labute approximate surface area is 114 Å². The van der Waals surface area contributed by atoms with Crippen molar-refractivity contribution in [2.45, 2.75) is 11.5 Å². The number of nitrogens with zero attached hydrogens (tertiary/aromatic N) is 4. The van der Waals surface area contributed by atoms with Gasteiger partial charge < -0.3 is 10.2 Å². The van der Waals surface area contributed by atoms with Crippen molar-refractivity contribution in [2.24, 2.45) is 5.84 Å². The Kier molecular flexibility index (Phi) is 3.18. The van der Waals surface area contributed by atoms with E-state index in [1.54, 1.807) is 31.0 Å². The number of hydrogen-bond acceptors (Lipinski definition) is 8. The normalized spacial score (nSPS) is 13.2. The lowest BCUT2D eigenvalue weighted by Crippen LogP contribution is -2.13. The van der Waals surface area contributed by atoms with Gasteiger partial charge in [-0.2, -0.15) is 11.8 Å². The molecule has 98 valence electrons. The first-order valence-electron chi connectivity index (χ1n) is 5.64. The van der Waals surface area contributed by atoms with Gasteiger partial charge in [-0.3, -0.25) is 0 Å². The summed E-state index contributed by atoms with van der Waals surface area (Å²) in [6, 6.07) is 3.50. The maximum atomic E-state index is 5.51. The van der Waals surface area contributed by atoms with Crippen LogP contribution in [0, 0.1) is 0 Å². The second kappa shape index (κ2) is 4.98. The van der Waals surface area contributed by atoms with Crippen molar-refractivity contribution < 1.29 is 4.74 Å². The summed E-state index contributed by atoms with van der Waals surface area (Å²) < 4.78 is 4.97. The van der Waals surface area contributed by atoms with Crippen LogP contribution in [0.4, 0.5) is 5.82 Å². The molecule has 19 heavy (non-hydrogen) atoms. The van der Waals surface area contributed by atoms with Crippen LogP contribution < -0.4 is 16.0 Å². The highest BCUT2D eigenvalue weighted by Gasteiger charge is 2.20. The highest BCUT2D eigenvalue weighted by molar-refractivity contribution is 7.98. The highest BCUT2D eigenvalue weighted by atomic mass is 32.2. The minimum atomic E-state index is 0.456. The second-order valence-corrected chi connectivity index (χ2v) is 4.90. The third kappa shape index (κ3) is 2.20. The number of hydrazine groups is 1. The number of anilines is 1.